The summed E-state index contributed by atoms with van der Waals surface area (Å²) in [5.74, 6) is 0.180. The van der Waals surface area contributed by atoms with Gasteiger partial charge >= 0.3 is 0 Å². The van der Waals surface area contributed by atoms with Gasteiger partial charge in [-0.05, 0) is 6.92 Å². The normalized spacial score (nSPS) is 13.5. The topological polar surface area (TPSA) is 82.2 Å². The van der Waals surface area contributed by atoms with Crippen LogP contribution in [0, 0.1) is 6.92 Å². The van der Waals surface area contributed by atoms with E-state index in [1.165, 1.54) is 12.1 Å². The molecule has 0 spiro atoms. The highest BCUT2D eigenvalue weighted by Gasteiger charge is 2.22. The van der Waals surface area contributed by atoms with Gasteiger partial charge in [-0.3, -0.25) is 9.48 Å². The predicted octanol–water partition coefficient (Wildman–Crippen LogP) is 2.39. The van der Waals surface area contributed by atoms with Crippen molar-refractivity contribution in [3.05, 3.63) is 58.9 Å². The molecule has 1 aromatic carbocycles. The summed E-state index contributed by atoms with van der Waals surface area (Å²) in [7, 11) is 1.92. The van der Waals surface area contributed by atoms with E-state index in [9.17, 15) is 4.79 Å². The monoisotopic (exact) mass is 352 g/mol. The molecule has 0 saturated heterocycles. The van der Waals surface area contributed by atoms with Gasteiger partial charge in [0.1, 0.15) is 0 Å². The zero-order valence-electron chi connectivity index (χ0n) is 14.8. The van der Waals surface area contributed by atoms with Crippen LogP contribution in [0.5, 0.6) is 0 Å². The molecule has 0 radical (unpaired) electrons. The Morgan fingerprint density at radius 2 is 2.12 bits per heavy atom. The lowest BCUT2D eigenvalue weighted by atomic mass is 10.1. The molecule has 1 amide bonds. The highest BCUT2D eigenvalue weighted by Crippen LogP contribution is 2.24. The zero-order valence-corrected chi connectivity index (χ0v) is 14.8. The smallest absolute Gasteiger partial charge is 0.274 e. The second-order valence-corrected chi connectivity index (χ2v) is 6.38. The quantitative estimate of drug-likeness (QED) is 0.780. The second-order valence-electron chi connectivity index (χ2n) is 6.38. The third-order valence-corrected chi connectivity index (χ3v) is 4.60. The summed E-state index contributed by atoms with van der Waals surface area (Å²) < 4.78 is 12.8. The van der Waals surface area contributed by atoms with Gasteiger partial charge in [-0.2, -0.15) is 5.10 Å². The first-order chi connectivity index (χ1) is 12.6. The largest absolute Gasteiger partial charge is 0.443 e. The van der Waals surface area contributed by atoms with Gasteiger partial charge in [-0.25, -0.2) is 4.98 Å². The molecule has 3 heterocycles. The zero-order chi connectivity index (χ0) is 18.1. The van der Waals surface area contributed by atoms with Gasteiger partial charge in [-0.15, -0.1) is 0 Å². The van der Waals surface area contributed by atoms with E-state index >= 15 is 0 Å². The van der Waals surface area contributed by atoms with E-state index in [0.29, 0.717) is 25.5 Å². The molecule has 1 N–H and O–H groups in total. The fourth-order valence-electron chi connectivity index (χ4n) is 3.19. The lowest BCUT2D eigenvalue weighted by molar-refractivity contribution is 0.0943. The molecule has 0 aliphatic carbocycles. The van der Waals surface area contributed by atoms with Gasteiger partial charge in [0.25, 0.3) is 5.91 Å². The summed E-state index contributed by atoms with van der Waals surface area (Å²) in [6.07, 6.45) is 2.13. The lowest BCUT2D eigenvalue weighted by Gasteiger charge is -2.13. The SMILES string of the molecule is Cc1ccc(-c2ocnc2C(=O)NCc2nn(C)c3c2COCC3)cc1. The molecule has 0 unspecified atom stereocenters. The molecule has 1 aliphatic rings. The maximum atomic E-state index is 12.6. The molecule has 3 aromatic rings. The van der Waals surface area contributed by atoms with Gasteiger partial charge in [0.15, 0.2) is 17.8 Å². The average molecular weight is 352 g/mol. The van der Waals surface area contributed by atoms with E-state index in [4.69, 9.17) is 9.15 Å². The molecule has 26 heavy (non-hydrogen) atoms. The number of oxazole rings is 1. The molecule has 0 atom stereocenters. The number of carbonyl (C=O) groups excluding carboxylic acids is 1. The van der Waals surface area contributed by atoms with Gasteiger partial charge in [-0.1, -0.05) is 29.8 Å². The van der Waals surface area contributed by atoms with Crippen molar-refractivity contribution in [2.24, 2.45) is 7.05 Å². The Balaban J connectivity index is 1.52. The van der Waals surface area contributed by atoms with E-state index < -0.39 is 0 Å². The van der Waals surface area contributed by atoms with Crippen molar-refractivity contribution in [3.8, 4) is 11.3 Å². The number of aryl methyl sites for hydroxylation is 2. The average Bonchev–Trinajstić information content (AvgIpc) is 3.26. The highest BCUT2D eigenvalue weighted by atomic mass is 16.5. The van der Waals surface area contributed by atoms with E-state index in [1.807, 2.05) is 42.9 Å². The van der Waals surface area contributed by atoms with Crippen LogP contribution in [0.2, 0.25) is 0 Å². The Kier molecular flexibility index (Phi) is 4.30. The van der Waals surface area contributed by atoms with Crippen LogP contribution in [0.4, 0.5) is 0 Å². The number of amides is 1. The van der Waals surface area contributed by atoms with Crippen molar-refractivity contribution in [2.75, 3.05) is 6.61 Å². The number of fused-ring (bicyclic) bond motifs is 1. The third-order valence-electron chi connectivity index (χ3n) is 4.60. The number of carbonyl (C=O) groups is 1. The maximum Gasteiger partial charge on any atom is 0.274 e. The number of aromatic nitrogens is 3. The first kappa shape index (κ1) is 16.5. The van der Waals surface area contributed by atoms with Gasteiger partial charge in [0.2, 0.25) is 0 Å². The molecule has 0 fully saturated rings. The molecule has 1 aliphatic heterocycles. The summed E-state index contributed by atoms with van der Waals surface area (Å²) >= 11 is 0. The summed E-state index contributed by atoms with van der Waals surface area (Å²) in [6.45, 7) is 3.57. The molecular formula is C19H20N4O3. The van der Waals surface area contributed by atoms with Crippen LogP contribution in [-0.2, 0) is 31.4 Å². The van der Waals surface area contributed by atoms with Crippen molar-refractivity contribution in [2.45, 2.75) is 26.5 Å². The molecule has 7 heteroatoms. The van der Waals surface area contributed by atoms with E-state index in [2.05, 4.69) is 15.4 Å². The minimum atomic E-state index is -0.287. The fraction of sp³-hybridized carbons (Fsp3) is 0.316. The lowest BCUT2D eigenvalue weighted by Crippen LogP contribution is -2.24. The van der Waals surface area contributed by atoms with Crippen molar-refractivity contribution in [3.63, 3.8) is 0 Å². The van der Waals surface area contributed by atoms with Crippen LogP contribution in [0.3, 0.4) is 0 Å². The number of hydrogen-bond acceptors (Lipinski definition) is 5. The second kappa shape index (κ2) is 6.76. The Morgan fingerprint density at radius 3 is 2.92 bits per heavy atom. The third kappa shape index (κ3) is 3.01. The Labute approximate surface area is 151 Å². The Bertz CT molecular complexity index is 940. The first-order valence-electron chi connectivity index (χ1n) is 8.53. The van der Waals surface area contributed by atoms with Gasteiger partial charge in [0, 0.05) is 30.3 Å². The first-order valence-corrected chi connectivity index (χ1v) is 8.53. The molecule has 7 nitrogen and oxygen atoms in total. The number of benzene rings is 1. The number of rotatable bonds is 4. The predicted molar refractivity (Wildman–Crippen MR) is 94.4 cm³/mol. The number of nitrogens with zero attached hydrogens (tertiary/aromatic N) is 3. The highest BCUT2D eigenvalue weighted by molar-refractivity contribution is 5.97. The number of hydrogen-bond donors (Lipinski definition) is 1. The van der Waals surface area contributed by atoms with Crippen molar-refractivity contribution in [1.82, 2.24) is 20.1 Å². The Hall–Kier alpha value is -2.93. The van der Waals surface area contributed by atoms with E-state index in [-0.39, 0.29) is 11.6 Å². The number of nitrogens with one attached hydrogen (secondary N) is 1. The molecule has 134 valence electrons. The maximum absolute atomic E-state index is 12.6. The molecule has 4 rings (SSSR count). The minimum Gasteiger partial charge on any atom is -0.443 e. The van der Waals surface area contributed by atoms with Crippen LogP contribution in [0.1, 0.15) is 33.0 Å². The Morgan fingerprint density at radius 1 is 1.31 bits per heavy atom. The molecular weight excluding hydrogens is 332 g/mol. The van der Waals surface area contributed by atoms with Crippen molar-refractivity contribution in [1.29, 1.82) is 0 Å². The molecule has 0 bridgehead atoms. The standard InChI is InChI=1S/C19H20N4O3/c1-12-3-5-13(6-4-12)18-17(21-11-26-18)19(24)20-9-15-14-10-25-8-7-16(14)23(2)22-15/h3-6,11H,7-10H2,1-2H3,(H,20,24). The minimum absolute atomic E-state index is 0.273. The van der Waals surface area contributed by atoms with Crippen molar-refractivity contribution < 1.29 is 13.9 Å². The summed E-state index contributed by atoms with van der Waals surface area (Å²) in [4.78, 5) is 16.7. The van der Waals surface area contributed by atoms with Gasteiger partial charge < -0.3 is 14.5 Å². The van der Waals surface area contributed by atoms with Gasteiger partial charge in [0.05, 0.1) is 25.5 Å². The number of ether oxygens (including phenoxy) is 1. The van der Waals surface area contributed by atoms with Crippen LogP contribution in [0.25, 0.3) is 11.3 Å². The van der Waals surface area contributed by atoms with E-state index in [0.717, 1.165) is 28.8 Å². The van der Waals surface area contributed by atoms with Crippen LogP contribution in [-0.4, -0.2) is 27.3 Å². The fourth-order valence-corrected chi connectivity index (χ4v) is 3.19. The summed E-state index contributed by atoms with van der Waals surface area (Å²) in [5.41, 5.74) is 5.30. The molecule has 0 saturated carbocycles. The molecule has 2 aromatic heterocycles. The van der Waals surface area contributed by atoms with E-state index in [1.54, 1.807) is 0 Å². The van der Waals surface area contributed by atoms with Crippen molar-refractivity contribution >= 4 is 5.91 Å². The summed E-state index contributed by atoms with van der Waals surface area (Å²) in [5, 5.41) is 7.41. The van der Waals surface area contributed by atoms with Crippen LogP contribution < -0.4 is 5.32 Å². The van der Waals surface area contributed by atoms with Crippen LogP contribution >= 0.6 is 0 Å². The summed E-state index contributed by atoms with van der Waals surface area (Å²) in [6, 6.07) is 7.78. The van der Waals surface area contributed by atoms with Crippen LogP contribution in [0.15, 0.2) is 35.1 Å².